The molecule has 4 aromatic carbocycles. The van der Waals surface area contributed by atoms with E-state index >= 15 is 0 Å². The lowest BCUT2D eigenvalue weighted by Crippen LogP contribution is -2.60. The Hall–Kier alpha value is -4.52. The molecule has 1 saturated heterocycles. The molecular formula is C38H41N5O. The van der Waals surface area contributed by atoms with Gasteiger partial charge in [-0.1, -0.05) is 48.5 Å². The smallest absolute Gasteiger partial charge is 0.152 e. The van der Waals surface area contributed by atoms with Crippen molar-refractivity contribution in [3.8, 4) is 16.8 Å². The van der Waals surface area contributed by atoms with Crippen molar-refractivity contribution in [2.24, 2.45) is 5.73 Å². The predicted octanol–water partition coefficient (Wildman–Crippen LogP) is 8.11. The summed E-state index contributed by atoms with van der Waals surface area (Å²) < 4.78 is 2.32. The molecule has 0 spiro atoms. The molecule has 2 aromatic heterocycles. The van der Waals surface area contributed by atoms with Crippen LogP contribution in [-0.4, -0.2) is 40.0 Å². The Kier molecular flexibility index (Phi) is 7.74. The van der Waals surface area contributed by atoms with Gasteiger partial charge in [0, 0.05) is 62.0 Å². The standard InChI is InChI=1S/C37H36N4O.CH5N/c1-36(2)20-27(21-37(3,4)40-36)39-32-19-28(17-16-25(32)23-42)41-33-14-8-6-11-30(33)35-29(12-9-15-34(35)41)26-18-24-10-5-7-13-31(24)38-22-26;1-2/h5-19,22-23,27,39-40H,20-21H2,1-4H3;2H2,1H3. The van der Waals surface area contributed by atoms with Gasteiger partial charge in [-0.25, -0.2) is 0 Å². The van der Waals surface area contributed by atoms with Gasteiger partial charge in [-0.15, -0.1) is 0 Å². The number of carbonyl (C=O) groups excluding carboxylic acids is 1. The first-order valence-corrected chi connectivity index (χ1v) is 15.3. The highest BCUT2D eigenvalue weighted by Gasteiger charge is 2.37. The van der Waals surface area contributed by atoms with Gasteiger partial charge >= 0.3 is 0 Å². The largest absolute Gasteiger partial charge is 0.382 e. The molecule has 0 bridgehead atoms. The van der Waals surface area contributed by atoms with Crippen molar-refractivity contribution in [1.82, 2.24) is 14.9 Å². The van der Waals surface area contributed by atoms with Gasteiger partial charge in [0.15, 0.2) is 6.29 Å². The highest BCUT2D eigenvalue weighted by molar-refractivity contribution is 6.16. The Morgan fingerprint density at radius 1 is 0.864 bits per heavy atom. The molecule has 44 heavy (non-hydrogen) atoms. The second-order valence-corrected chi connectivity index (χ2v) is 13.0. The number of pyridine rings is 1. The number of rotatable bonds is 5. The van der Waals surface area contributed by atoms with Crippen molar-refractivity contribution in [1.29, 1.82) is 0 Å². The van der Waals surface area contributed by atoms with E-state index in [1.807, 2.05) is 24.4 Å². The second kappa shape index (κ2) is 11.5. The number of aromatic nitrogens is 2. The summed E-state index contributed by atoms with van der Waals surface area (Å²) in [6.07, 6.45) is 4.88. The lowest BCUT2D eigenvalue weighted by molar-refractivity contribution is 0.112. The number of nitrogens with zero attached hydrogens (tertiary/aromatic N) is 2. The lowest BCUT2D eigenvalue weighted by Gasteiger charge is -2.47. The zero-order chi connectivity index (χ0) is 31.1. The van der Waals surface area contributed by atoms with E-state index in [9.17, 15) is 4.79 Å². The number of hydrogen-bond donors (Lipinski definition) is 3. The molecule has 0 unspecified atom stereocenters. The summed E-state index contributed by atoms with van der Waals surface area (Å²) in [5, 5.41) is 11.0. The molecule has 1 aliphatic heterocycles. The zero-order valence-corrected chi connectivity index (χ0v) is 26.2. The van der Waals surface area contributed by atoms with Crippen LogP contribution in [0.5, 0.6) is 0 Å². The Labute approximate surface area is 259 Å². The fourth-order valence-corrected chi connectivity index (χ4v) is 7.31. The van der Waals surface area contributed by atoms with Crippen LogP contribution in [0.3, 0.4) is 0 Å². The van der Waals surface area contributed by atoms with Crippen molar-refractivity contribution in [3.63, 3.8) is 0 Å². The van der Waals surface area contributed by atoms with Crippen LogP contribution in [0.25, 0.3) is 49.5 Å². The van der Waals surface area contributed by atoms with E-state index in [4.69, 9.17) is 4.98 Å². The third-order valence-electron chi connectivity index (χ3n) is 8.57. The maximum atomic E-state index is 12.2. The summed E-state index contributed by atoms with van der Waals surface area (Å²) in [7, 11) is 1.50. The van der Waals surface area contributed by atoms with E-state index in [2.05, 4.69) is 121 Å². The molecule has 0 radical (unpaired) electrons. The van der Waals surface area contributed by atoms with E-state index in [1.54, 1.807) is 0 Å². The normalized spacial score (nSPS) is 16.0. The zero-order valence-electron chi connectivity index (χ0n) is 26.2. The molecule has 6 heteroatoms. The summed E-state index contributed by atoms with van der Waals surface area (Å²) in [6, 6.07) is 31.9. The van der Waals surface area contributed by atoms with Gasteiger partial charge in [0.1, 0.15) is 0 Å². The van der Waals surface area contributed by atoms with Gasteiger partial charge in [0.25, 0.3) is 0 Å². The third kappa shape index (κ3) is 5.47. The molecule has 1 aliphatic rings. The molecule has 224 valence electrons. The van der Waals surface area contributed by atoms with Gasteiger partial charge in [0.2, 0.25) is 0 Å². The number of benzene rings is 4. The molecule has 3 heterocycles. The maximum Gasteiger partial charge on any atom is 0.152 e. The summed E-state index contributed by atoms with van der Waals surface area (Å²) >= 11 is 0. The number of nitrogens with two attached hydrogens (primary N) is 1. The van der Waals surface area contributed by atoms with Crippen LogP contribution < -0.4 is 16.4 Å². The highest BCUT2D eigenvalue weighted by atomic mass is 16.1. The molecule has 4 N–H and O–H groups in total. The van der Waals surface area contributed by atoms with Crippen molar-refractivity contribution in [3.05, 3.63) is 103 Å². The number of carbonyl (C=O) groups is 1. The van der Waals surface area contributed by atoms with Gasteiger partial charge < -0.3 is 20.9 Å². The molecule has 6 nitrogen and oxygen atoms in total. The number of hydrogen-bond acceptors (Lipinski definition) is 5. The van der Waals surface area contributed by atoms with E-state index in [1.165, 1.54) is 17.8 Å². The van der Waals surface area contributed by atoms with Crippen LogP contribution in [0.15, 0.2) is 97.2 Å². The Morgan fingerprint density at radius 2 is 1.57 bits per heavy atom. The van der Waals surface area contributed by atoms with Gasteiger partial charge in [-0.3, -0.25) is 9.78 Å². The van der Waals surface area contributed by atoms with Crippen molar-refractivity contribution in [2.75, 3.05) is 12.4 Å². The monoisotopic (exact) mass is 583 g/mol. The summed E-state index contributed by atoms with van der Waals surface area (Å²) in [5.41, 5.74) is 12.6. The van der Waals surface area contributed by atoms with Gasteiger partial charge in [-0.2, -0.15) is 0 Å². The average molecular weight is 584 g/mol. The minimum absolute atomic E-state index is 0.000770. The SMILES string of the molecule is CC1(C)CC(Nc2cc(-n3c4ccccc4c4c(-c5cnc6ccccc6c5)cccc43)ccc2C=O)CC(C)(C)N1.CN. The van der Waals surface area contributed by atoms with E-state index in [-0.39, 0.29) is 17.1 Å². The molecule has 0 saturated carbocycles. The average Bonchev–Trinajstić information content (AvgIpc) is 3.35. The van der Waals surface area contributed by atoms with E-state index < -0.39 is 0 Å². The van der Waals surface area contributed by atoms with Crippen LogP contribution in [0.4, 0.5) is 5.69 Å². The van der Waals surface area contributed by atoms with E-state index in [0.29, 0.717) is 5.56 Å². The minimum atomic E-state index is -0.000770. The van der Waals surface area contributed by atoms with Crippen LogP contribution >= 0.6 is 0 Å². The summed E-state index contributed by atoms with van der Waals surface area (Å²) in [4.78, 5) is 16.9. The number of para-hydroxylation sites is 2. The number of nitrogens with one attached hydrogen (secondary N) is 2. The Balaban J connectivity index is 0.00000168. The molecule has 0 aliphatic carbocycles. The molecule has 7 rings (SSSR count). The molecule has 6 aromatic rings. The van der Waals surface area contributed by atoms with Gasteiger partial charge in [-0.05, 0) is 95.6 Å². The lowest BCUT2D eigenvalue weighted by atomic mass is 9.79. The first-order valence-electron chi connectivity index (χ1n) is 15.3. The van der Waals surface area contributed by atoms with Gasteiger partial charge in [0.05, 0.1) is 16.6 Å². The number of aldehydes is 1. The quantitative estimate of drug-likeness (QED) is 0.179. The molecule has 1 fully saturated rings. The summed E-state index contributed by atoms with van der Waals surface area (Å²) in [5.74, 6) is 0. The first kappa shape index (κ1) is 29.5. The number of anilines is 1. The Morgan fingerprint density at radius 3 is 2.34 bits per heavy atom. The van der Waals surface area contributed by atoms with Crippen molar-refractivity contribution in [2.45, 2.75) is 57.7 Å². The van der Waals surface area contributed by atoms with Crippen molar-refractivity contribution >= 4 is 44.7 Å². The third-order valence-corrected chi connectivity index (χ3v) is 8.57. The maximum absolute atomic E-state index is 12.2. The fraction of sp³-hybridized carbons (Fsp3) is 0.263. The Bertz CT molecular complexity index is 1970. The topological polar surface area (TPSA) is 85.0 Å². The summed E-state index contributed by atoms with van der Waals surface area (Å²) in [6.45, 7) is 9.00. The van der Waals surface area contributed by atoms with Crippen LogP contribution in [-0.2, 0) is 0 Å². The van der Waals surface area contributed by atoms with E-state index in [0.717, 1.165) is 63.6 Å². The van der Waals surface area contributed by atoms with Crippen LogP contribution in [0.1, 0.15) is 50.9 Å². The predicted molar refractivity (Wildman–Crippen MR) is 185 cm³/mol. The van der Waals surface area contributed by atoms with Crippen LogP contribution in [0.2, 0.25) is 0 Å². The number of fused-ring (bicyclic) bond motifs is 4. The number of piperidine rings is 1. The van der Waals surface area contributed by atoms with Crippen molar-refractivity contribution < 1.29 is 4.79 Å². The fourth-order valence-electron chi connectivity index (χ4n) is 7.31. The second-order valence-electron chi connectivity index (χ2n) is 13.0. The minimum Gasteiger partial charge on any atom is -0.382 e. The molecule has 0 amide bonds. The molecular weight excluding hydrogens is 542 g/mol. The van der Waals surface area contributed by atoms with Crippen LogP contribution in [0, 0.1) is 0 Å². The highest BCUT2D eigenvalue weighted by Crippen LogP contribution is 2.39. The first-order chi connectivity index (χ1) is 21.2. The molecule has 0 atom stereocenters.